The Bertz CT molecular complexity index is 576. The maximum atomic E-state index is 13.0. The number of nitrogens with zero attached hydrogens (tertiary/aromatic N) is 2. The van der Waals surface area contributed by atoms with Crippen molar-refractivity contribution in [2.24, 2.45) is 5.92 Å². The molecule has 1 aromatic rings. The highest BCUT2D eigenvalue weighted by atomic mass is 32.2. The highest BCUT2D eigenvalue weighted by molar-refractivity contribution is 7.99. The number of amides is 1. The number of rotatable bonds is 5. The lowest BCUT2D eigenvalue weighted by atomic mass is 9.98. The number of carbonyl (C=O) groups is 1. The topological polar surface area (TPSA) is 44.1 Å². The molecule has 1 heterocycles. The minimum atomic E-state index is -0.0360. The van der Waals surface area contributed by atoms with Crippen molar-refractivity contribution in [2.75, 3.05) is 12.3 Å². The Labute approximate surface area is 130 Å². The van der Waals surface area contributed by atoms with E-state index in [0.717, 1.165) is 11.3 Å². The molecule has 0 N–H and O–H groups in total. The van der Waals surface area contributed by atoms with Gasteiger partial charge >= 0.3 is 0 Å². The van der Waals surface area contributed by atoms with Gasteiger partial charge in [0.05, 0.1) is 18.4 Å². The summed E-state index contributed by atoms with van der Waals surface area (Å²) in [5.74, 6) is 1.64. The molecule has 3 rings (SSSR count). The SMILES string of the molecule is C[C@H](C1CC1)N(CCC#N)C(=O)[C@@H]1CSc2ccccc21. The summed E-state index contributed by atoms with van der Waals surface area (Å²) in [6.45, 7) is 2.71. The molecule has 1 fully saturated rings. The fourth-order valence-corrected chi connectivity index (χ4v) is 4.31. The van der Waals surface area contributed by atoms with Gasteiger partial charge in [-0.1, -0.05) is 18.2 Å². The number of hydrogen-bond donors (Lipinski definition) is 0. The van der Waals surface area contributed by atoms with Crippen LogP contribution in [0.4, 0.5) is 0 Å². The average Bonchev–Trinajstić information content (AvgIpc) is 3.26. The van der Waals surface area contributed by atoms with Gasteiger partial charge in [0.1, 0.15) is 0 Å². The van der Waals surface area contributed by atoms with Gasteiger partial charge in [-0.2, -0.15) is 5.26 Å². The van der Waals surface area contributed by atoms with Crippen LogP contribution in [-0.2, 0) is 4.79 Å². The van der Waals surface area contributed by atoms with Crippen LogP contribution in [0.2, 0.25) is 0 Å². The molecule has 1 amide bonds. The second-order valence-electron chi connectivity index (χ2n) is 5.92. The Hall–Kier alpha value is -1.47. The van der Waals surface area contributed by atoms with Crippen molar-refractivity contribution in [3.63, 3.8) is 0 Å². The van der Waals surface area contributed by atoms with E-state index in [-0.39, 0.29) is 17.9 Å². The van der Waals surface area contributed by atoms with Crippen LogP contribution >= 0.6 is 11.8 Å². The van der Waals surface area contributed by atoms with Crippen molar-refractivity contribution in [1.29, 1.82) is 5.26 Å². The maximum Gasteiger partial charge on any atom is 0.231 e. The van der Waals surface area contributed by atoms with E-state index >= 15 is 0 Å². The first-order valence-electron chi connectivity index (χ1n) is 7.61. The van der Waals surface area contributed by atoms with Gasteiger partial charge in [-0.15, -0.1) is 11.8 Å². The van der Waals surface area contributed by atoms with Gasteiger partial charge in [0.25, 0.3) is 0 Å². The first-order chi connectivity index (χ1) is 10.2. The lowest BCUT2D eigenvalue weighted by molar-refractivity contribution is -0.134. The van der Waals surface area contributed by atoms with Gasteiger partial charge in [0, 0.05) is 23.2 Å². The van der Waals surface area contributed by atoms with Crippen LogP contribution < -0.4 is 0 Å². The summed E-state index contributed by atoms with van der Waals surface area (Å²) in [5, 5.41) is 8.86. The van der Waals surface area contributed by atoms with Gasteiger partial charge < -0.3 is 4.90 Å². The Morgan fingerprint density at radius 1 is 1.48 bits per heavy atom. The van der Waals surface area contributed by atoms with Crippen molar-refractivity contribution in [3.05, 3.63) is 29.8 Å². The summed E-state index contributed by atoms with van der Waals surface area (Å²) in [5.41, 5.74) is 1.16. The fraction of sp³-hybridized carbons (Fsp3) is 0.529. The summed E-state index contributed by atoms with van der Waals surface area (Å²) < 4.78 is 0. The molecule has 0 spiro atoms. The zero-order valence-corrected chi connectivity index (χ0v) is 13.1. The van der Waals surface area contributed by atoms with Gasteiger partial charge in [0.15, 0.2) is 0 Å². The molecule has 0 unspecified atom stereocenters. The van der Waals surface area contributed by atoms with E-state index in [0.29, 0.717) is 18.9 Å². The van der Waals surface area contributed by atoms with Gasteiger partial charge in [-0.05, 0) is 37.3 Å². The van der Waals surface area contributed by atoms with E-state index in [9.17, 15) is 4.79 Å². The lowest BCUT2D eigenvalue weighted by Crippen LogP contribution is -2.43. The normalized spacial score (nSPS) is 21.4. The smallest absolute Gasteiger partial charge is 0.231 e. The minimum Gasteiger partial charge on any atom is -0.338 e. The van der Waals surface area contributed by atoms with Crippen LogP contribution in [-0.4, -0.2) is 29.1 Å². The zero-order valence-electron chi connectivity index (χ0n) is 12.3. The zero-order chi connectivity index (χ0) is 14.8. The predicted molar refractivity (Wildman–Crippen MR) is 84.0 cm³/mol. The van der Waals surface area contributed by atoms with Crippen molar-refractivity contribution in [2.45, 2.75) is 43.0 Å². The van der Waals surface area contributed by atoms with E-state index in [1.54, 1.807) is 11.8 Å². The standard InChI is InChI=1S/C17H20N2OS/c1-12(13-7-8-13)19(10-4-9-18)17(20)15-11-21-16-6-3-2-5-14(15)16/h2-3,5-6,12-13,15H,4,7-8,10-11H2,1H3/t12-,15-/m1/s1. The molecule has 21 heavy (non-hydrogen) atoms. The molecule has 1 saturated carbocycles. The molecule has 0 bridgehead atoms. The number of fused-ring (bicyclic) bond motifs is 1. The van der Waals surface area contributed by atoms with Crippen molar-refractivity contribution in [1.82, 2.24) is 4.90 Å². The summed E-state index contributed by atoms with van der Waals surface area (Å²) in [4.78, 5) is 16.2. The molecule has 0 aromatic heterocycles. The second-order valence-corrected chi connectivity index (χ2v) is 6.98. The number of benzene rings is 1. The van der Waals surface area contributed by atoms with Crippen LogP contribution in [0, 0.1) is 17.2 Å². The molecule has 4 heteroatoms. The Kier molecular flexibility index (Phi) is 4.21. The second kappa shape index (κ2) is 6.11. The number of hydrogen-bond acceptors (Lipinski definition) is 3. The summed E-state index contributed by atoms with van der Waals surface area (Å²) in [6.07, 6.45) is 2.85. The molecule has 0 saturated heterocycles. The van der Waals surface area contributed by atoms with Crippen LogP contribution in [0.15, 0.2) is 29.2 Å². The lowest BCUT2D eigenvalue weighted by Gasteiger charge is -2.31. The summed E-state index contributed by atoms with van der Waals surface area (Å²) in [7, 11) is 0. The third-order valence-corrected chi connectivity index (χ3v) is 5.72. The Balaban J connectivity index is 1.79. The predicted octanol–water partition coefficient (Wildman–Crippen LogP) is 3.42. The molecule has 2 aliphatic rings. The van der Waals surface area contributed by atoms with Crippen molar-refractivity contribution >= 4 is 17.7 Å². The largest absolute Gasteiger partial charge is 0.338 e. The van der Waals surface area contributed by atoms with Crippen LogP contribution in [0.3, 0.4) is 0 Å². The number of thioether (sulfide) groups is 1. The van der Waals surface area contributed by atoms with Crippen molar-refractivity contribution < 1.29 is 4.79 Å². The molecule has 1 aliphatic carbocycles. The quantitative estimate of drug-likeness (QED) is 0.837. The van der Waals surface area contributed by atoms with Crippen LogP contribution in [0.25, 0.3) is 0 Å². The summed E-state index contributed by atoms with van der Waals surface area (Å²) in [6, 6.07) is 10.6. The first kappa shape index (κ1) is 14.5. The molecule has 110 valence electrons. The highest BCUT2D eigenvalue weighted by Crippen LogP contribution is 2.42. The van der Waals surface area contributed by atoms with E-state index in [1.807, 2.05) is 17.0 Å². The third kappa shape index (κ3) is 2.94. The van der Waals surface area contributed by atoms with E-state index in [4.69, 9.17) is 5.26 Å². The number of nitriles is 1. The molecule has 1 aliphatic heterocycles. The summed E-state index contributed by atoms with van der Waals surface area (Å²) >= 11 is 1.77. The van der Waals surface area contributed by atoms with Crippen molar-refractivity contribution in [3.8, 4) is 6.07 Å². The van der Waals surface area contributed by atoms with Gasteiger partial charge in [0.2, 0.25) is 5.91 Å². The van der Waals surface area contributed by atoms with E-state index < -0.39 is 0 Å². The van der Waals surface area contributed by atoms with E-state index in [1.165, 1.54) is 17.7 Å². The maximum absolute atomic E-state index is 13.0. The van der Waals surface area contributed by atoms with Gasteiger partial charge in [-0.3, -0.25) is 4.79 Å². The fourth-order valence-electron chi connectivity index (χ4n) is 3.09. The highest BCUT2D eigenvalue weighted by Gasteiger charge is 2.38. The van der Waals surface area contributed by atoms with Crippen LogP contribution in [0.1, 0.15) is 37.7 Å². The molecule has 0 radical (unpaired) electrons. The third-order valence-electron chi connectivity index (χ3n) is 4.54. The Morgan fingerprint density at radius 3 is 2.95 bits per heavy atom. The molecular weight excluding hydrogens is 280 g/mol. The average molecular weight is 300 g/mol. The molecular formula is C17H20N2OS. The van der Waals surface area contributed by atoms with E-state index in [2.05, 4.69) is 25.1 Å². The number of carbonyl (C=O) groups excluding carboxylic acids is 1. The van der Waals surface area contributed by atoms with Gasteiger partial charge in [-0.25, -0.2) is 0 Å². The monoisotopic (exact) mass is 300 g/mol. The first-order valence-corrected chi connectivity index (χ1v) is 8.60. The minimum absolute atomic E-state index is 0.0360. The van der Waals surface area contributed by atoms with Crippen LogP contribution in [0.5, 0.6) is 0 Å². The Morgan fingerprint density at radius 2 is 2.24 bits per heavy atom. The molecule has 2 atom stereocenters. The molecule has 1 aromatic carbocycles. The molecule has 3 nitrogen and oxygen atoms in total.